The molecule has 1 N–H and O–H groups in total. The van der Waals surface area contributed by atoms with Crippen LogP contribution in [0.3, 0.4) is 0 Å². The molecule has 0 aliphatic carbocycles. The molecular weight excluding hydrogens is 375 g/mol. The van der Waals surface area contributed by atoms with Crippen molar-refractivity contribution in [2.24, 2.45) is 0 Å². The normalized spacial score (nSPS) is 11.6. The average Bonchev–Trinajstić information content (AvgIpc) is 2.59. The summed E-state index contributed by atoms with van der Waals surface area (Å²) in [7, 11) is 3.82. The maximum atomic E-state index is 12.0. The first-order valence-electron chi connectivity index (χ1n) is 7.96. The molecule has 0 fully saturated rings. The van der Waals surface area contributed by atoms with Gasteiger partial charge in [0.15, 0.2) is 6.61 Å². The highest BCUT2D eigenvalue weighted by Crippen LogP contribution is 2.26. The molecular formula is C19H20Cl2N2O3. The van der Waals surface area contributed by atoms with E-state index < -0.39 is 11.9 Å². The second kappa shape index (κ2) is 8.92. The summed E-state index contributed by atoms with van der Waals surface area (Å²) in [5.41, 5.74) is 2.08. The van der Waals surface area contributed by atoms with Crippen LogP contribution in [0.25, 0.3) is 0 Å². The molecule has 0 saturated carbocycles. The molecule has 5 nitrogen and oxygen atoms in total. The lowest BCUT2D eigenvalue weighted by Crippen LogP contribution is -2.31. The van der Waals surface area contributed by atoms with E-state index >= 15 is 0 Å². The second-order valence-electron chi connectivity index (χ2n) is 5.97. The zero-order chi connectivity index (χ0) is 19.3. The first kappa shape index (κ1) is 20.1. The molecule has 2 rings (SSSR count). The topological polar surface area (TPSA) is 58.6 Å². The van der Waals surface area contributed by atoms with Crippen molar-refractivity contribution in [1.29, 1.82) is 0 Å². The van der Waals surface area contributed by atoms with Gasteiger partial charge in [0.2, 0.25) is 0 Å². The lowest BCUT2D eigenvalue weighted by molar-refractivity contribution is -0.124. The van der Waals surface area contributed by atoms with Gasteiger partial charge in [-0.15, -0.1) is 0 Å². The predicted molar refractivity (Wildman–Crippen MR) is 104 cm³/mol. The van der Waals surface area contributed by atoms with Gasteiger partial charge in [-0.1, -0.05) is 29.3 Å². The number of ether oxygens (including phenoxy) is 1. The van der Waals surface area contributed by atoms with E-state index in [0.717, 1.165) is 11.3 Å². The van der Waals surface area contributed by atoms with E-state index in [1.54, 1.807) is 49.4 Å². The van der Waals surface area contributed by atoms with E-state index in [4.69, 9.17) is 27.9 Å². The summed E-state index contributed by atoms with van der Waals surface area (Å²) >= 11 is 12.0. The van der Waals surface area contributed by atoms with Crippen molar-refractivity contribution in [3.05, 3.63) is 63.6 Å². The Balaban J connectivity index is 1.88. The van der Waals surface area contributed by atoms with Crippen LogP contribution in [0.2, 0.25) is 10.0 Å². The number of anilines is 1. The lowest BCUT2D eigenvalue weighted by atomic mass is 10.1. The number of carbonyl (C=O) groups excluding carboxylic acids is 2. The fraction of sp³-hybridized carbons (Fsp3) is 0.263. The number of carbonyl (C=O) groups is 2. The summed E-state index contributed by atoms with van der Waals surface area (Å²) in [6.07, 6.45) is 0. The highest BCUT2D eigenvalue weighted by atomic mass is 35.5. The Morgan fingerprint density at radius 3 is 2.35 bits per heavy atom. The fourth-order valence-corrected chi connectivity index (χ4v) is 2.90. The largest absolute Gasteiger partial charge is 0.452 e. The Morgan fingerprint density at radius 1 is 1.12 bits per heavy atom. The molecule has 7 heteroatoms. The van der Waals surface area contributed by atoms with Gasteiger partial charge in [0.05, 0.1) is 11.6 Å². The molecule has 0 unspecified atom stereocenters. The third-order valence-electron chi connectivity index (χ3n) is 3.76. The summed E-state index contributed by atoms with van der Waals surface area (Å²) in [4.78, 5) is 26.0. The highest BCUT2D eigenvalue weighted by Gasteiger charge is 2.15. The van der Waals surface area contributed by atoms with Crippen LogP contribution in [-0.2, 0) is 9.53 Å². The van der Waals surface area contributed by atoms with Crippen LogP contribution >= 0.6 is 23.2 Å². The van der Waals surface area contributed by atoms with Crippen LogP contribution in [-0.4, -0.2) is 32.6 Å². The summed E-state index contributed by atoms with van der Waals surface area (Å²) < 4.78 is 5.06. The van der Waals surface area contributed by atoms with Crippen LogP contribution < -0.4 is 10.2 Å². The number of hydrogen-bond donors (Lipinski definition) is 1. The average molecular weight is 395 g/mol. The standard InChI is InChI=1S/C19H20Cl2N2O3/c1-12(16-9-6-14(20)10-17(16)21)22-18(24)11-26-19(25)13-4-7-15(8-5-13)23(2)3/h4-10,12H,11H2,1-3H3,(H,22,24)/t12-/m0/s1. The predicted octanol–water partition coefficient (Wildman–Crippen LogP) is 4.09. The first-order valence-corrected chi connectivity index (χ1v) is 8.72. The Kier molecular flexibility index (Phi) is 6.89. The van der Waals surface area contributed by atoms with Gasteiger partial charge in [-0.25, -0.2) is 4.79 Å². The molecule has 2 aromatic carbocycles. The minimum Gasteiger partial charge on any atom is -0.452 e. The van der Waals surface area contributed by atoms with Crippen LogP contribution in [0.1, 0.15) is 28.9 Å². The van der Waals surface area contributed by atoms with Crippen molar-refractivity contribution >= 4 is 40.8 Å². The van der Waals surface area contributed by atoms with Crippen molar-refractivity contribution in [2.45, 2.75) is 13.0 Å². The molecule has 0 aliphatic heterocycles. The van der Waals surface area contributed by atoms with E-state index in [9.17, 15) is 9.59 Å². The van der Waals surface area contributed by atoms with Crippen molar-refractivity contribution < 1.29 is 14.3 Å². The van der Waals surface area contributed by atoms with Crippen molar-refractivity contribution in [3.8, 4) is 0 Å². The van der Waals surface area contributed by atoms with Gasteiger partial charge in [0.1, 0.15) is 0 Å². The molecule has 0 bridgehead atoms. The maximum Gasteiger partial charge on any atom is 0.338 e. The third kappa shape index (κ3) is 5.38. The molecule has 0 heterocycles. The van der Waals surface area contributed by atoms with Gasteiger partial charge < -0.3 is 15.0 Å². The second-order valence-corrected chi connectivity index (χ2v) is 6.82. The van der Waals surface area contributed by atoms with Crippen LogP contribution in [0.15, 0.2) is 42.5 Å². The van der Waals surface area contributed by atoms with Gasteiger partial charge in [0, 0.05) is 29.8 Å². The minimum absolute atomic E-state index is 0.342. The number of nitrogens with zero attached hydrogens (tertiary/aromatic N) is 1. The molecule has 138 valence electrons. The van der Waals surface area contributed by atoms with Crippen molar-refractivity contribution in [3.63, 3.8) is 0 Å². The van der Waals surface area contributed by atoms with E-state index in [0.29, 0.717) is 15.6 Å². The van der Waals surface area contributed by atoms with E-state index in [1.165, 1.54) is 0 Å². The number of nitrogens with one attached hydrogen (secondary N) is 1. The molecule has 0 saturated heterocycles. The van der Waals surface area contributed by atoms with E-state index in [1.807, 2.05) is 19.0 Å². The fourth-order valence-electron chi connectivity index (χ4n) is 2.32. The number of esters is 1. The van der Waals surface area contributed by atoms with E-state index in [2.05, 4.69) is 5.32 Å². The van der Waals surface area contributed by atoms with E-state index in [-0.39, 0.29) is 12.6 Å². The zero-order valence-corrected chi connectivity index (χ0v) is 16.3. The maximum absolute atomic E-state index is 12.0. The summed E-state index contributed by atoms with van der Waals surface area (Å²) in [5.74, 6) is -0.968. The Hall–Kier alpha value is -2.24. The van der Waals surface area contributed by atoms with Crippen LogP contribution in [0, 0.1) is 0 Å². The molecule has 1 amide bonds. The number of rotatable bonds is 6. The number of benzene rings is 2. The first-order chi connectivity index (χ1) is 12.3. The molecule has 0 spiro atoms. The Morgan fingerprint density at radius 2 is 1.77 bits per heavy atom. The molecule has 0 aliphatic rings. The summed E-state index contributed by atoms with van der Waals surface area (Å²) in [5, 5.41) is 3.72. The third-order valence-corrected chi connectivity index (χ3v) is 4.32. The molecule has 0 aromatic heterocycles. The van der Waals surface area contributed by atoms with Gasteiger partial charge in [0.25, 0.3) is 5.91 Å². The van der Waals surface area contributed by atoms with Crippen LogP contribution in [0.4, 0.5) is 5.69 Å². The molecule has 1 atom stereocenters. The number of amides is 1. The number of hydrogen-bond acceptors (Lipinski definition) is 4. The monoisotopic (exact) mass is 394 g/mol. The van der Waals surface area contributed by atoms with Gasteiger partial charge in [-0.2, -0.15) is 0 Å². The van der Waals surface area contributed by atoms with Crippen molar-refractivity contribution in [1.82, 2.24) is 5.32 Å². The highest BCUT2D eigenvalue weighted by molar-refractivity contribution is 6.35. The lowest BCUT2D eigenvalue weighted by Gasteiger charge is -2.16. The molecule has 0 radical (unpaired) electrons. The smallest absolute Gasteiger partial charge is 0.338 e. The zero-order valence-electron chi connectivity index (χ0n) is 14.8. The number of halogens is 2. The Bertz CT molecular complexity index is 792. The van der Waals surface area contributed by atoms with Gasteiger partial charge >= 0.3 is 5.97 Å². The summed E-state index contributed by atoms with van der Waals surface area (Å²) in [6.45, 7) is 1.42. The van der Waals surface area contributed by atoms with Gasteiger partial charge in [-0.05, 0) is 48.9 Å². The van der Waals surface area contributed by atoms with Gasteiger partial charge in [-0.3, -0.25) is 4.79 Å². The Labute approximate surface area is 162 Å². The van der Waals surface area contributed by atoms with Crippen LogP contribution in [0.5, 0.6) is 0 Å². The van der Waals surface area contributed by atoms with Crippen molar-refractivity contribution in [2.75, 3.05) is 25.6 Å². The molecule has 26 heavy (non-hydrogen) atoms. The quantitative estimate of drug-likeness (QED) is 0.749. The molecule has 2 aromatic rings. The summed E-state index contributed by atoms with van der Waals surface area (Å²) in [6, 6.07) is 11.6. The SMILES string of the molecule is C[C@H](NC(=O)COC(=O)c1ccc(N(C)C)cc1)c1ccc(Cl)cc1Cl. The minimum atomic E-state index is -0.553.